The van der Waals surface area contributed by atoms with Crippen molar-refractivity contribution in [1.82, 2.24) is 0 Å². The molecular weight excluding hydrogens is 432 g/mol. The van der Waals surface area contributed by atoms with Crippen molar-refractivity contribution < 1.29 is 28.7 Å². The molecule has 0 aliphatic carbocycles. The molecule has 0 aromatic heterocycles. The van der Waals surface area contributed by atoms with E-state index in [0.29, 0.717) is 13.2 Å². The molecule has 0 amide bonds. The van der Waals surface area contributed by atoms with Gasteiger partial charge in [0.1, 0.15) is 24.4 Å². The average Bonchev–Trinajstić information content (AvgIpc) is 2.76. The Balaban J connectivity index is 3.14. The van der Waals surface area contributed by atoms with E-state index < -0.39 is 11.9 Å². The monoisotopic (exact) mass is 482 g/mol. The van der Waals surface area contributed by atoms with Crippen molar-refractivity contribution in [2.45, 2.75) is 142 Å². The van der Waals surface area contributed by atoms with Crippen LogP contribution in [0.3, 0.4) is 0 Å². The summed E-state index contributed by atoms with van der Waals surface area (Å²) in [6, 6.07) is 0. The van der Waals surface area contributed by atoms with E-state index >= 15 is 0 Å². The van der Waals surface area contributed by atoms with Crippen LogP contribution in [0.25, 0.3) is 0 Å². The minimum atomic E-state index is -0.399. The zero-order chi connectivity index (χ0) is 25.3. The molecule has 0 spiro atoms. The molecule has 34 heavy (non-hydrogen) atoms. The van der Waals surface area contributed by atoms with Crippen LogP contribution in [0.15, 0.2) is 0 Å². The van der Waals surface area contributed by atoms with E-state index in [0.717, 1.165) is 25.7 Å². The highest BCUT2D eigenvalue weighted by atomic mass is 16.5. The highest BCUT2D eigenvalue weighted by molar-refractivity contribution is 5.94. The summed E-state index contributed by atoms with van der Waals surface area (Å²) in [4.78, 5) is 44.0. The zero-order valence-corrected chi connectivity index (χ0v) is 22.0. The standard InChI is InChI=1S/C28H50O6/c1-25(29)23-27(31)33-21-19-17-15-13-11-9-7-5-3-4-6-8-10-12-14-16-18-20-22-34-28(32)24-26(2)30/h3-24H2,1-2H3. The van der Waals surface area contributed by atoms with Gasteiger partial charge < -0.3 is 9.47 Å². The molecule has 6 heteroatoms. The normalized spacial score (nSPS) is 10.8. The molecule has 0 atom stereocenters. The van der Waals surface area contributed by atoms with E-state index in [-0.39, 0.29) is 24.4 Å². The maximum Gasteiger partial charge on any atom is 0.313 e. The van der Waals surface area contributed by atoms with Crippen LogP contribution in [0.2, 0.25) is 0 Å². The smallest absolute Gasteiger partial charge is 0.313 e. The Kier molecular flexibility index (Phi) is 23.2. The molecule has 6 nitrogen and oxygen atoms in total. The molecule has 0 saturated heterocycles. The first-order valence-electron chi connectivity index (χ1n) is 13.7. The second kappa shape index (κ2) is 24.4. The summed E-state index contributed by atoms with van der Waals surface area (Å²) in [7, 11) is 0. The van der Waals surface area contributed by atoms with Crippen molar-refractivity contribution in [3.63, 3.8) is 0 Å². The summed E-state index contributed by atoms with van der Waals surface area (Å²) in [5.41, 5.74) is 0. The number of esters is 2. The zero-order valence-electron chi connectivity index (χ0n) is 22.0. The van der Waals surface area contributed by atoms with E-state index in [9.17, 15) is 19.2 Å². The number of Topliss-reactive ketones (excluding diaryl/α,β-unsaturated/α-hetero) is 2. The molecule has 198 valence electrons. The minimum Gasteiger partial charge on any atom is -0.465 e. The third-order valence-corrected chi connectivity index (χ3v) is 5.85. The molecule has 0 N–H and O–H groups in total. The summed E-state index contributed by atoms with van der Waals surface area (Å²) in [5.74, 6) is -1.08. The van der Waals surface area contributed by atoms with Crippen LogP contribution in [0, 0.1) is 0 Å². The third-order valence-electron chi connectivity index (χ3n) is 5.85. The Bertz CT molecular complexity index is 495. The number of hydrogen-bond donors (Lipinski definition) is 0. The molecule has 0 aromatic carbocycles. The number of ether oxygens (including phenoxy) is 2. The van der Waals surface area contributed by atoms with Crippen molar-refractivity contribution >= 4 is 23.5 Å². The lowest BCUT2D eigenvalue weighted by Gasteiger charge is -2.05. The Morgan fingerprint density at radius 1 is 0.382 bits per heavy atom. The van der Waals surface area contributed by atoms with Crippen LogP contribution >= 0.6 is 0 Å². The SMILES string of the molecule is CC(=O)CC(=O)OCCCCCCCCCCCCCCCCCCCCOC(=O)CC(C)=O. The summed E-state index contributed by atoms with van der Waals surface area (Å²) in [5, 5.41) is 0. The molecule has 0 rings (SSSR count). The van der Waals surface area contributed by atoms with Gasteiger partial charge in [-0.15, -0.1) is 0 Å². The van der Waals surface area contributed by atoms with Gasteiger partial charge in [0.15, 0.2) is 0 Å². The number of carbonyl (C=O) groups is 4. The van der Waals surface area contributed by atoms with Crippen molar-refractivity contribution in [1.29, 1.82) is 0 Å². The lowest BCUT2D eigenvalue weighted by atomic mass is 10.0. The molecule has 0 fully saturated rings. The number of carbonyl (C=O) groups excluding carboxylic acids is 4. The van der Waals surface area contributed by atoms with Crippen LogP contribution in [0.5, 0.6) is 0 Å². The Labute approximate surface area is 207 Å². The fourth-order valence-electron chi connectivity index (χ4n) is 3.91. The fourth-order valence-corrected chi connectivity index (χ4v) is 3.91. The van der Waals surface area contributed by atoms with Crippen LogP contribution in [-0.2, 0) is 28.7 Å². The first-order chi connectivity index (χ1) is 16.4. The Morgan fingerprint density at radius 2 is 0.588 bits per heavy atom. The molecule has 0 heterocycles. The highest BCUT2D eigenvalue weighted by Gasteiger charge is 2.06. The highest BCUT2D eigenvalue weighted by Crippen LogP contribution is 2.14. The second-order valence-electron chi connectivity index (χ2n) is 9.56. The van der Waals surface area contributed by atoms with Gasteiger partial charge in [-0.2, -0.15) is 0 Å². The lowest BCUT2D eigenvalue weighted by molar-refractivity contribution is -0.147. The maximum absolute atomic E-state index is 11.2. The van der Waals surface area contributed by atoms with Gasteiger partial charge in [-0.1, -0.05) is 103 Å². The van der Waals surface area contributed by atoms with Gasteiger partial charge in [0.25, 0.3) is 0 Å². The van der Waals surface area contributed by atoms with E-state index in [4.69, 9.17) is 9.47 Å². The third kappa shape index (κ3) is 26.5. The van der Waals surface area contributed by atoms with Crippen molar-refractivity contribution in [3.05, 3.63) is 0 Å². The van der Waals surface area contributed by atoms with Crippen LogP contribution in [-0.4, -0.2) is 36.7 Å². The largest absolute Gasteiger partial charge is 0.465 e. The lowest BCUT2D eigenvalue weighted by Crippen LogP contribution is -2.09. The number of ketones is 2. The number of hydrogen-bond acceptors (Lipinski definition) is 6. The van der Waals surface area contributed by atoms with Gasteiger partial charge in [0, 0.05) is 0 Å². The first kappa shape index (κ1) is 32.3. The Morgan fingerprint density at radius 3 is 0.794 bits per heavy atom. The van der Waals surface area contributed by atoms with E-state index in [1.807, 2.05) is 0 Å². The summed E-state index contributed by atoms with van der Waals surface area (Å²) >= 11 is 0. The van der Waals surface area contributed by atoms with Gasteiger partial charge in [-0.05, 0) is 26.7 Å². The maximum atomic E-state index is 11.2. The van der Waals surface area contributed by atoms with Crippen LogP contribution < -0.4 is 0 Å². The quantitative estimate of drug-likeness (QED) is 0.0787. The van der Waals surface area contributed by atoms with Crippen molar-refractivity contribution in [2.24, 2.45) is 0 Å². The number of rotatable bonds is 25. The fraction of sp³-hybridized carbons (Fsp3) is 0.857. The van der Waals surface area contributed by atoms with Crippen molar-refractivity contribution in [3.8, 4) is 0 Å². The first-order valence-corrected chi connectivity index (χ1v) is 13.7. The minimum absolute atomic E-state index is 0.103. The van der Waals surface area contributed by atoms with Crippen molar-refractivity contribution in [2.75, 3.05) is 13.2 Å². The molecular formula is C28H50O6. The van der Waals surface area contributed by atoms with Gasteiger partial charge >= 0.3 is 11.9 Å². The molecule has 0 aromatic rings. The van der Waals surface area contributed by atoms with Crippen LogP contribution in [0.4, 0.5) is 0 Å². The number of unbranched alkanes of at least 4 members (excludes halogenated alkanes) is 17. The second-order valence-corrected chi connectivity index (χ2v) is 9.56. The molecule has 0 saturated carbocycles. The molecule has 0 aliphatic heterocycles. The average molecular weight is 483 g/mol. The van der Waals surface area contributed by atoms with Gasteiger partial charge in [-0.25, -0.2) is 0 Å². The summed E-state index contributed by atoms with van der Waals surface area (Å²) in [6.07, 6.45) is 22.0. The van der Waals surface area contributed by atoms with Gasteiger partial charge in [0.05, 0.1) is 13.2 Å². The van der Waals surface area contributed by atoms with E-state index in [1.54, 1.807) is 0 Å². The molecule has 0 aliphatic rings. The topological polar surface area (TPSA) is 86.7 Å². The van der Waals surface area contributed by atoms with Gasteiger partial charge in [0.2, 0.25) is 0 Å². The Hall–Kier alpha value is -1.72. The predicted molar refractivity (Wildman–Crippen MR) is 136 cm³/mol. The van der Waals surface area contributed by atoms with Gasteiger partial charge in [-0.3, -0.25) is 19.2 Å². The molecule has 0 bridgehead atoms. The van der Waals surface area contributed by atoms with E-state index in [2.05, 4.69) is 0 Å². The predicted octanol–water partition coefficient (Wildman–Crippen LogP) is 7.05. The molecule has 0 unspecified atom stereocenters. The molecule has 0 radical (unpaired) electrons. The summed E-state index contributed by atoms with van der Waals surface area (Å²) < 4.78 is 10.0. The summed E-state index contributed by atoms with van der Waals surface area (Å²) in [6.45, 7) is 3.68. The van der Waals surface area contributed by atoms with E-state index in [1.165, 1.54) is 104 Å². The van der Waals surface area contributed by atoms with Crippen LogP contribution in [0.1, 0.15) is 142 Å².